The number of fused-ring (bicyclic) bond motifs is 1. The molecule has 1 unspecified atom stereocenters. The Hall–Kier alpha value is -2.57. The number of benzene rings is 2. The van der Waals surface area contributed by atoms with Gasteiger partial charge in [0.15, 0.2) is 15.2 Å². The summed E-state index contributed by atoms with van der Waals surface area (Å²) in [6.07, 6.45) is 2.33. The third-order valence-electron chi connectivity index (χ3n) is 4.37. The van der Waals surface area contributed by atoms with Crippen LogP contribution in [0.4, 0.5) is 0 Å². The molecule has 0 spiro atoms. The molecule has 3 aromatic rings. The standard InChI is InChI=1S/C23H21O2S/c1-23(2,14-12-17-10-11-17)25-22(24)19-7-5-8-20(16-19)26-15-13-18-6-3-4-9-21(18)26/h3-9,13,15-17H,10-11H2,1-2H3/q+1. The van der Waals surface area contributed by atoms with E-state index in [0.717, 1.165) is 17.7 Å². The van der Waals surface area contributed by atoms with Crippen molar-refractivity contribution in [2.24, 2.45) is 5.92 Å². The van der Waals surface area contributed by atoms with E-state index in [-0.39, 0.29) is 16.4 Å². The Balaban J connectivity index is 1.59. The molecule has 1 aliphatic carbocycles. The zero-order valence-electron chi connectivity index (χ0n) is 15.0. The van der Waals surface area contributed by atoms with Gasteiger partial charge in [-0.3, -0.25) is 0 Å². The molecule has 0 aliphatic heterocycles. The molecule has 1 fully saturated rings. The van der Waals surface area contributed by atoms with Crippen LogP contribution in [0.3, 0.4) is 0 Å². The van der Waals surface area contributed by atoms with E-state index in [1.165, 1.54) is 10.1 Å². The average molecular weight is 361 g/mol. The summed E-state index contributed by atoms with van der Waals surface area (Å²) in [5.41, 5.74) is -0.188. The Kier molecular flexibility index (Phi) is 4.30. The van der Waals surface area contributed by atoms with Crippen molar-refractivity contribution in [3.05, 3.63) is 65.5 Å². The molecular weight excluding hydrogens is 340 g/mol. The van der Waals surface area contributed by atoms with E-state index in [9.17, 15) is 4.79 Å². The monoisotopic (exact) mass is 361 g/mol. The molecular formula is C23H21O2S+. The van der Waals surface area contributed by atoms with Gasteiger partial charge in [-0.15, -0.1) is 0 Å². The van der Waals surface area contributed by atoms with Crippen molar-refractivity contribution in [3.8, 4) is 16.7 Å². The summed E-state index contributed by atoms with van der Waals surface area (Å²) in [5.74, 6) is 6.46. The smallest absolute Gasteiger partial charge is 0.339 e. The predicted molar refractivity (Wildman–Crippen MR) is 108 cm³/mol. The number of carbonyl (C=O) groups is 1. The third-order valence-corrected chi connectivity index (χ3v) is 6.38. The summed E-state index contributed by atoms with van der Waals surface area (Å²) < 4.78 is 6.96. The van der Waals surface area contributed by atoms with Gasteiger partial charge in [0.2, 0.25) is 0 Å². The first-order valence-electron chi connectivity index (χ1n) is 8.88. The number of rotatable bonds is 3. The summed E-state index contributed by atoms with van der Waals surface area (Å²) in [6, 6.07) is 18.3. The van der Waals surface area contributed by atoms with Crippen molar-refractivity contribution in [3.63, 3.8) is 0 Å². The van der Waals surface area contributed by atoms with Gasteiger partial charge in [0, 0.05) is 33.9 Å². The molecule has 1 heterocycles. The number of hydrogen-bond acceptors (Lipinski definition) is 2. The lowest BCUT2D eigenvalue weighted by Gasteiger charge is -2.18. The minimum Gasteiger partial charge on any atom is -0.443 e. The first-order valence-corrected chi connectivity index (χ1v) is 10.2. The van der Waals surface area contributed by atoms with Gasteiger partial charge < -0.3 is 4.74 Å². The fraction of sp³-hybridized carbons (Fsp3) is 0.261. The van der Waals surface area contributed by atoms with Crippen molar-refractivity contribution in [1.29, 1.82) is 0 Å². The van der Waals surface area contributed by atoms with Crippen LogP contribution in [-0.4, -0.2) is 11.6 Å². The molecule has 0 saturated heterocycles. The number of thiophene rings is 1. The van der Waals surface area contributed by atoms with E-state index in [1.54, 1.807) is 0 Å². The van der Waals surface area contributed by atoms with Crippen LogP contribution >= 0.6 is 10.5 Å². The SMILES string of the molecule is CC(C)(C#CC1CC1)OC(=O)c1cccc(-[s+]2ccc3ccccc32)c1. The highest BCUT2D eigenvalue weighted by molar-refractivity contribution is 7.43. The molecule has 1 saturated carbocycles. The van der Waals surface area contributed by atoms with Gasteiger partial charge >= 0.3 is 5.97 Å². The van der Waals surface area contributed by atoms with Gasteiger partial charge in [-0.2, -0.15) is 0 Å². The minimum absolute atomic E-state index is 0.133. The topological polar surface area (TPSA) is 26.3 Å². The van der Waals surface area contributed by atoms with Crippen molar-refractivity contribution in [1.82, 2.24) is 0 Å². The van der Waals surface area contributed by atoms with Gasteiger partial charge in [-0.25, -0.2) is 4.79 Å². The van der Waals surface area contributed by atoms with Crippen LogP contribution in [0.25, 0.3) is 15.0 Å². The summed E-state index contributed by atoms with van der Waals surface area (Å²) in [6.45, 7) is 3.70. The van der Waals surface area contributed by atoms with Crippen molar-refractivity contribution < 1.29 is 9.53 Å². The molecule has 4 rings (SSSR count). The lowest BCUT2D eigenvalue weighted by atomic mass is 10.1. The zero-order valence-corrected chi connectivity index (χ0v) is 15.8. The lowest BCUT2D eigenvalue weighted by Crippen LogP contribution is -2.26. The van der Waals surface area contributed by atoms with E-state index in [2.05, 4.69) is 53.6 Å². The Morgan fingerprint density at radius 2 is 1.92 bits per heavy atom. The highest BCUT2D eigenvalue weighted by Crippen LogP contribution is 2.39. The number of carbonyl (C=O) groups excluding carboxylic acids is 1. The Morgan fingerprint density at radius 3 is 2.73 bits per heavy atom. The summed E-state index contributed by atoms with van der Waals surface area (Å²) >= 11 is 0. The minimum atomic E-state index is -0.766. The van der Waals surface area contributed by atoms with E-state index < -0.39 is 5.60 Å². The van der Waals surface area contributed by atoms with Crippen LogP contribution in [0.2, 0.25) is 0 Å². The quantitative estimate of drug-likeness (QED) is 0.328. The first kappa shape index (κ1) is 16.9. The van der Waals surface area contributed by atoms with Crippen LogP contribution in [0.15, 0.2) is 60.0 Å². The molecule has 26 heavy (non-hydrogen) atoms. The highest BCUT2D eigenvalue weighted by atomic mass is 32.2. The van der Waals surface area contributed by atoms with E-state index >= 15 is 0 Å². The Labute approximate surface area is 156 Å². The normalized spacial score (nSPS) is 14.6. The van der Waals surface area contributed by atoms with E-state index in [1.807, 2.05) is 32.0 Å². The fourth-order valence-electron chi connectivity index (χ4n) is 2.82. The van der Waals surface area contributed by atoms with Gasteiger partial charge in [0.1, 0.15) is 5.38 Å². The molecule has 2 nitrogen and oxygen atoms in total. The molecule has 1 atom stereocenters. The van der Waals surface area contributed by atoms with Crippen molar-refractivity contribution in [2.75, 3.05) is 0 Å². The molecule has 0 N–H and O–H groups in total. The van der Waals surface area contributed by atoms with Gasteiger partial charge in [-0.05, 0) is 51.0 Å². The van der Waals surface area contributed by atoms with Crippen LogP contribution in [0.5, 0.6) is 0 Å². The number of ether oxygens (including phenoxy) is 1. The summed E-state index contributed by atoms with van der Waals surface area (Å²) in [5, 5.41) is 3.46. The molecule has 0 amide bonds. The summed E-state index contributed by atoms with van der Waals surface area (Å²) in [7, 11) is -0.133. The average Bonchev–Trinajstić information content (AvgIpc) is 3.37. The van der Waals surface area contributed by atoms with Crippen LogP contribution < -0.4 is 0 Å². The fourth-order valence-corrected chi connectivity index (χ4v) is 4.75. The largest absolute Gasteiger partial charge is 0.443 e. The molecule has 1 aromatic heterocycles. The molecule has 3 heteroatoms. The highest BCUT2D eigenvalue weighted by Gasteiger charge is 2.25. The van der Waals surface area contributed by atoms with Crippen LogP contribution in [0, 0.1) is 17.8 Å². The Bertz CT molecular complexity index is 1030. The van der Waals surface area contributed by atoms with Crippen LogP contribution in [-0.2, 0) is 4.74 Å². The second kappa shape index (κ2) is 6.63. The Morgan fingerprint density at radius 1 is 1.12 bits per heavy atom. The number of hydrogen-bond donors (Lipinski definition) is 0. The predicted octanol–water partition coefficient (Wildman–Crippen LogP) is 5.93. The van der Waals surface area contributed by atoms with Gasteiger partial charge in [0.25, 0.3) is 0 Å². The maximum Gasteiger partial charge on any atom is 0.339 e. The van der Waals surface area contributed by atoms with E-state index in [4.69, 9.17) is 4.74 Å². The van der Waals surface area contributed by atoms with Gasteiger partial charge in [-0.1, -0.05) is 30.0 Å². The maximum atomic E-state index is 12.6. The van der Waals surface area contributed by atoms with Crippen molar-refractivity contribution >= 4 is 26.5 Å². The number of esters is 1. The first-order chi connectivity index (χ1) is 12.5. The second-order valence-electron chi connectivity index (χ2n) is 7.15. The van der Waals surface area contributed by atoms with Crippen molar-refractivity contribution in [2.45, 2.75) is 32.3 Å². The molecule has 1 aliphatic rings. The third kappa shape index (κ3) is 3.66. The van der Waals surface area contributed by atoms with E-state index in [0.29, 0.717) is 11.5 Å². The maximum absolute atomic E-state index is 12.6. The van der Waals surface area contributed by atoms with Crippen LogP contribution in [0.1, 0.15) is 37.0 Å². The summed E-state index contributed by atoms with van der Waals surface area (Å²) in [4.78, 5) is 13.8. The second-order valence-corrected chi connectivity index (χ2v) is 9.01. The zero-order chi connectivity index (χ0) is 18.1. The molecule has 0 radical (unpaired) electrons. The molecule has 0 bridgehead atoms. The van der Waals surface area contributed by atoms with Gasteiger partial charge in [0.05, 0.1) is 5.56 Å². The molecule has 2 aromatic carbocycles. The lowest BCUT2D eigenvalue weighted by molar-refractivity contribution is 0.0204. The molecule has 130 valence electrons.